The van der Waals surface area contributed by atoms with Gasteiger partial charge in [0.05, 0.1) is 41.0 Å². The SMILES string of the molecule is C=CCSc1ccc(CNCC2CN(CCc3c(F)cnc4ccc(OC)nc34)CC2OC)nc1NC. The van der Waals surface area contributed by atoms with Gasteiger partial charge in [0.25, 0.3) is 0 Å². The third kappa shape index (κ3) is 6.75. The Hall–Kier alpha value is -2.79. The fourth-order valence-corrected chi connectivity index (χ4v) is 5.43. The average Bonchev–Trinajstić information content (AvgIpc) is 3.33. The van der Waals surface area contributed by atoms with E-state index in [9.17, 15) is 4.39 Å². The van der Waals surface area contributed by atoms with Crippen molar-refractivity contribution in [1.82, 2.24) is 25.2 Å². The highest BCUT2D eigenvalue weighted by Gasteiger charge is 2.32. The Labute approximate surface area is 222 Å². The predicted molar refractivity (Wildman–Crippen MR) is 147 cm³/mol. The second-order valence-electron chi connectivity index (χ2n) is 8.98. The number of rotatable bonds is 13. The summed E-state index contributed by atoms with van der Waals surface area (Å²) in [5.74, 6) is 2.18. The maximum absolute atomic E-state index is 14.7. The van der Waals surface area contributed by atoms with Crippen molar-refractivity contribution in [2.24, 2.45) is 5.92 Å². The Morgan fingerprint density at radius 3 is 2.84 bits per heavy atom. The Bertz CT molecular complexity index is 1210. The standard InChI is InChI=1S/C27H35FN6O2S/c1-5-12-37-24-8-6-19(32-27(24)29-2)14-30-13-18-16-34(17-23(18)35-3)11-10-20-21(28)15-31-22-7-9-25(36-4)33-26(20)22/h5-9,15,18,23,30H,1,10-14,16-17H2,2-4H3,(H,29,32). The Balaban J connectivity index is 1.33. The van der Waals surface area contributed by atoms with Crippen LogP contribution in [0, 0.1) is 11.7 Å². The van der Waals surface area contributed by atoms with Gasteiger partial charge in [-0.1, -0.05) is 6.08 Å². The molecule has 2 unspecified atom stereocenters. The Morgan fingerprint density at radius 1 is 1.22 bits per heavy atom. The molecule has 0 amide bonds. The molecule has 0 aliphatic carbocycles. The van der Waals surface area contributed by atoms with Gasteiger partial charge in [0.2, 0.25) is 5.88 Å². The van der Waals surface area contributed by atoms with E-state index in [1.54, 1.807) is 32.0 Å². The molecule has 3 aromatic rings. The summed E-state index contributed by atoms with van der Waals surface area (Å²) < 4.78 is 25.7. The molecular weight excluding hydrogens is 491 g/mol. The van der Waals surface area contributed by atoms with E-state index in [0.717, 1.165) is 41.8 Å². The number of ether oxygens (including phenoxy) is 2. The van der Waals surface area contributed by atoms with Crippen LogP contribution in [-0.2, 0) is 17.7 Å². The third-order valence-corrected chi connectivity index (χ3v) is 7.65. The minimum absolute atomic E-state index is 0.114. The van der Waals surface area contributed by atoms with Crippen LogP contribution in [0.2, 0.25) is 0 Å². The number of methoxy groups -OCH3 is 2. The topological polar surface area (TPSA) is 84.4 Å². The van der Waals surface area contributed by atoms with E-state index >= 15 is 0 Å². The van der Waals surface area contributed by atoms with E-state index in [4.69, 9.17) is 14.5 Å². The summed E-state index contributed by atoms with van der Waals surface area (Å²) in [7, 11) is 5.20. The van der Waals surface area contributed by atoms with Crippen molar-refractivity contribution < 1.29 is 13.9 Å². The van der Waals surface area contributed by atoms with Gasteiger partial charge in [-0.05, 0) is 24.6 Å². The van der Waals surface area contributed by atoms with E-state index in [1.165, 1.54) is 6.20 Å². The number of aromatic nitrogens is 3. The zero-order valence-electron chi connectivity index (χ0n) is 21.7. The van der Waals surface area contributed by atoms with Gasteiger partial charge in [0.1, 0.15) is 11.6 Å². The summed E-state index contributed by atoms with van der Waals surface area (Å²) in [6.07, 6.45) is 3.82. The van der Waals surface area contributed by atoms with Crippen molar-refractivity contribution in [3.8, 4) is 5.88 Å². The number of nitrogens with zero attached hydrogens (tertiary/aromatic N) is 4. The largest absolute Gasteiger partial charge is 0.481 e. The molecule has 37 heavy (non-hydrogen) atoms. The lowest BCUT2D eigenvalue weighted by atomic mass is 10.1. The molecule has 0 spiro atoms. The van der Waals surface area contributed by atoms with Crippen LogP contribution in [0.5, 0.6) is 5.88 Å². The maximum atomic E-state index is 14.7. The van der Waals surface area contributed by atoms with Gasteiger partial charge in [0.15, 0.2) is 0 Å². The summed E-state index contributed by atoms with van der Waals surface area (Å²) in [5.41, 5.74) is 2.78. The third-order valence-electron chi connectivity index (χ3n) is 6.61. The number of halogens is 1. The first-order chi connectivity index (χ1) is 18.1. The number of anilines is 1. The molecule has 1 aliphatic rings. The zero-order chi connectivity index (χ0) is 26.2. The molecule has 1 saturated heterocycles. The van der Waals surface area contributed by atoms with Crippen LogP contribution in [0.1, 0.15) is 11.3 Å². The van der Waals surface area contributed by atoms with Crippen LogP contribution in [0.3, 0.4) is 0 Å². The van der Waals surface area contributed by atoms with Crippen LogP contribution in [-0.4, -0.2) is 79.2 Å². The number of hydrogen-bond donors (Lipinski definition) is 2. The molecule has 8 nitrogen and oxygen atoms in total. The number of likely N-dealkylation sites (tertiary alicyclic amines) is 1. The zero-order valence-corrected chi connectivity index (χ0v) is 22.5. The number of thioether (sulfide) groups is 1. The molecule has 1 fully saturated rings. The second kappa shape index (κ2) is 13.1. The molecule has 2 N–H and O–H groups in total. The minimum Gasteiger partial charge on any atom is -0.481 e. The number of pyridine rings is 3. The van der Waals surface area contributed by atoms with Gasteiger partial charge in [0, 0.05) is 70.2 Å². The predicted octanol–water partition coefficient (Wildman–Crippen LogP) is 3.77. The highest BCUT2D eigenvalue weighted by molar-refractivity contribution is 7.99. The molecule has 198 valence electrons. The highest BCUT2D eigenvalue weighted by atomic mass is 32.2. The van der Waals surface area contributed by atoms with Crippen LogP contribution < -0.4 is 15.4 Å². The lowest BCUT2D eigenvalue weighted by Gasteiger charge is -2.17. The molecule has 1 aliphatic heterocycles. The molecule has 10 heteroatoms. The monoisotopic (exact) mass is 526 g/mol. The van der Waals surface area contributed by atoms with E-state index in [2.05, 4.69) is 44.2 Å². The highest BCUT2D eigenvalue weighted by Crippen LogP contribution is 2.26. The molecule has 0 bridgehead atoms. The summed E-state index contributed by atoms with van der Waals surface area (Å²) in [4.78, 5) is 16.8. The quantitative estimate of drug-likeness (QED) is 0.255. The lowest BCUT2D eigenvalue weighted by molar-refractivity contribution is 0.0783. The molecular formula is C27H35FN6O2S. The molecule has 3 aromatic heterocycles. The number of hydrogen-bond acceptors (Lipinski definition) is 9. The van der Waals surface area contributed by atoms with E-state index < -0.39 is 0 Å². The van der Waals surface area contributed by atoms with E-state index in [-0.39, 0.29) is 11.9 Å². The van der Waals surface area contributed by atoms with Gasteiger partial charge < -0.3 is 20.1 Å². The molecule has 0 aromatic carbocycles. The molecule has 4 rings (SSSR count). The fraction of sp³-hybridized carbons (Fsp3) is 0.444. The van der Waals surface area contributed by atoms with Crippen LogP contribution in [0.15, 0.2) is 48.0 Å². The number of nitrogens with one attached hydrogen (secondary N) is 2. The van der Waals surface area contributed by atoms with E-state index in [1.807, 2.05) is 19.2 Å². The lowest BCUT2D eigenvalue weighted by Crippen LogP contribution is -2.31. The average molecular weight is 527 g/mol. The van der Waals surface area contributed by atoms with Gasteiger partial charge in [-0.3, -0.25) is 9.88 Å². The Morgan fingerprint density at radius 2 is 2.08 bits per heavy atom. The summed E-state index contributed by atoms with van der Waals surface area (Å²) >= 11 is 1.71. The maximum Gasteiger partial charge on any atom is 0.213 e. The fourth-order valence-electron chi connectivity index (χ4n) is 4.69. The van der Waals surface area contributed by atoms with Crippen molar-refractivity contribution in [1.29, 1.82) is 0 Å². The Kier molecular flexibility index (Phi) is 9.68. The van der Waals surface area contributed by atoms with Crippen molar-refractivity contribution in [3.63, 3.8) is 0 Å². The van der Waals surface area contributed by atoms with Gasteiger partial charge in [-0.2, -0.15) is 0 Å². The summed E-state index contributed by atoms with van der Waals surface area (Å²) in [5, 5.41) is 6.73. The molecule has 2 atom stereocenters. The number of fused-ring (bicyclic) bond motifs is 1. The normalized spacial score (nSPS) is 17.8. The van der Waals surface area contributed by atoms with Crippen molar-refractivity contribution in [2.75, 3.05) is 58.5 Å². The molecule has 0 radical (unpaired) electrons. The van der Waals surface area contributed by atoms with Gasteiger partial charge >= 0.3 is 0 Å². The van der Waals surface area contributed by atoms with Crippen LogP contribution in [0.4, 0.5) is 10.2 Å². The molecule has 4 heterocycles. The second-order valence-corrected chi connectivity index (χ2v) is 10.0. The van der Waals surface area contributed by atoms with Gasteiger partial charge in [-0.15, -0.1) is 18.3 Å². The first-order valence-corrected chi connectivity index (χ1v) is 13.4. The smallest absolute Gasteiger partial charge is 0.213 e. The van der Waals surface area contributed by atoms with Crippen molar-refractivity contribution >= 4 is 28.6 Å². The summed E-state index contributed by atoms with van der Waals surface area (Å²) in [6.45, 7) is 7.66. The first kappa shape index (κ1) is 27.3. The summed E-state index contributed by atoms with van der Waals surface area (Å²) in [6, 6.07) is 7.71. The molecule has 0 saturated carbocycles. The van der Waals surface area contributed by atoms with E-state index in [0.29, 0.717) is 47.9 Å². The first-order valence-electron chi connectivity index (χ1n) is 12.4. The van der Waals surface area contributed by atoms with Crippen molar-refractivity contribution in [2.45, 2.75) is 24.0 Å². The van der Waals surface area contributed by atoms with Crippen LogP contribution >= 0.6 is 11.8 Å². The van der Waals surface area contributed by atoms with Crippen molar-refractivity contribution in [3.05, 3.63) is 60.2 Å². The van der Waals surface area contributed by atoms with Crippen LogP contribution in [0.25, 0.3) is 11.0 Å². The van der Waals surface area contributed by atoms with Gasteiger partial charge in [-0.25, -0.2) is 14.4 Å². The minimum atomic E-state index is -0.337.